The Kier molecular flexibility index (Phi) is 3.85. The number of nitrogens with two attached hydrogens (primary N) is 1. The van der Waals surface area contributed by atoms with Gasteiger partial charge in [-0.15, -0.1) is 0 Å². The number of hydrogen-bond donors (Lipinski definition) is 1. The third kappa shape index (κ3) is 2.53. The van der Waals surface area contributed by atoms with E-state index in [1.807, 2.05) is 0 Å². The number of methoxy groups -OCH3 is 1. The molecule has 0 radical (unpaired) electrons. The van der Waals surface area contributed by atoms with Gasteiger partial charge in [-0.25, -0.2) is 0 Å². The molecular weight excluding hydrogens is 210 g/mol. The summed E-state index contributed by atoms with van der Waals surface area (Å²) in [5.41, 5.74) is 8.13. The molecule has 17 heavy (non-hydrogen) atoms. The van der Waals surface area contributed by atoms with Gasteiger partial charge in [0.25, 0.3) is 0 Å². The van der Waals surface area contributed by atoms with Crippen molar-refractivity contribution in [3.63, 3.8) is 0 Å². The van der Waals surface area contributed by atoms with Crippen molar-refractivity contribution >= 4 is 0 Å². The van der Waals surface area contributed by atoms with Crippen molar-refractivity contribution in [2.75, 3.05) is 13.7 Å². The number of ether oxygens (including phenoxy) is 1. The lowest BCUT2D eigenvalue weighted by Gasteiger charge is -2.29. The van der Waals surface area contributed by atoms with Crippen LogP contribution in [0.4, 0.5) is 0 Å². The van der Waals surface area contributed by atoms with E-state index in [4.69, 9.17) is 10.5 Å². The van der Waals surface area contributed by atoms with Crippen LogP contribution in [0, 0.1) is 5.92 Å². The second kappa shape index (κ2) is 5.19. The highest BCUT2D eigenvalue weighted by Crippen LogP contribution is 2.52. The van der Waals surface area contributed by atoms with Crippen LogP contribution in [0.5, 0.6) is 0 Å². The predicted octanol–water partition coefficient (Wildman–Crippen LogP) is 2.72. The van der Waals surface area contributed by atoms with Crippen molar-refractivity contribution in [2.45, 2.75) is 37.6 Å². The monoisotopic (exact) mass is 233 g/mol. The first kappa shape index (κ1) is 12.6. The molecule has 1 aromatic rings. The average Bonchev–Trinajstić information content (AvgIpc) is 3.17. The molecule has 0 aliphatic heterocycles. The highest BCUT2D eigenvalue weighted by Gasteiger charge is 2.50. The molecule has 2 N–H and O–H groups in total. The molecule has 0 spiro atoms. The molecule has 2 nitrogen and oxygen atoms in total. The lowest BCUT2D eigenvalue weighted by atomic mass is 9.81. The molecule has 2 rings (SSSR count). The number of benzene rings is 1. The fraction of sp³-hybridized carbons (Fsp3) is 0.600. The summed E-state index contributed by atoms with van der Waals surface area (Å²) in [4.78, 5) is 0. The zero-order valence-electron chi connectivity index (χ0n) is 10.9. The smallest absolute Gasteiger partial charge is 0.0465 e. The molecule has 2 heteroatoms. The molecule has 1 aromatic carbocycles. The van der Waals surface area contributed by atoms with Crippen LogP contribution in [0.25, 0.3) is 0 Å². The Labute approximate surface area is 104 Å². The normalized spacial score (nSPS) is 20.9. The zero-order chi connectivity index (χ0) is 12.3. The van der Waals surface area contributed by atoms with E-state index < -0.39 is 0 Å². The fourth-order valence-electron chi connectivity index (χ4n) is 2.75. The fourth-order valence-corrected chi connectivity index (χ4v) is 2.75. The number of rotatable bonds is 6. The van der Waals surface area contributed by atoms with Crippen LogP contribution in [-0.4, -0.2) is 19.8 Å². The van der Waals surface area contributed by atoms with Gasteiger partial charge in [0.1, 0.15) is 0 Å². The minimum Gasteiger partial charge on any atom is -0.385 e. The molecule has 0 bridgehead atoms. The van der Waals surface area contributed by atoms with Gasteiger partial charge in [0.05, 0.1) is 0 Å². The molecule has 94 valence electrons. The van der Waals surface area contributed by atoms with Crippen molar-refractivity contribution in [3.05, 3.63) is 35.9 Å². The number of hydrogen-bond acceptors (Lipinski definition) is 2. The van der Waals surface area contributed by atoms with Gasteiger partial charge >= 0.3 is 0 Å². The van der Waals surface area contributed by atoms with E-state index in [2.05, 4.69) is 37.3 Å². The summed E-state index contributed by atoms with van der Waals surface area (Å²) in [5, 5.41) is 0. The molecule has 0 aromatic heterocycles. The van der Waals surface area contributed by atoms with Crippen molar-refractivity contribution in [1.82, 2.24) is 0 Å². The van der Waals surface area contributed by atoms with Crippen LogP contribution in [0.2, 0.25) is 0 Å². The summed E-state index contributed by atoms with van der Waals surface area (Å²) in [6.07, 6.45) is 3.51. The second-order valence-electron chi connectivity index (χ2n) is 5.31. The molecule has 0 amide bonds. The van der Waals surface area contributed by atoms with Crippen LogP contribution >= 0.6 is 0 Å². The highest BCUT2D eigenvalue weighted by molar-refractivity contribution is 5.33. The Morgan fingerprint density at radius 2 is 1.94 bits per heavy atom. The molecule has 1 fully saturated rings. The third-order valence-electron chi connectivity index (χ3n) is 4.17. The Balaban J connectivity index is 2.06. The van der Waals surface area contributed by atoms with E-state index in [1.54, 1.807) is 7.11 Å². The first-order chi connectivity index (χ1) is 8.20. The quantitative estimate of drug-likeness (QED) is 0.820. The van der Waals surface area contributed by atoms with Crippen LogP contribution in [-0.2, 0) is 10.2 Å². The zero-order valence-corrected chi connectivity index (χ0v) is 10.9. The summed E-state index contributed by atoms with van der Waals surface area (Å²) in [5.74, 6) is 0.512. The van der Waals surface area contributed by atoms with Gasteiger partial charge < -0.3 is 10.5 Å². The van der Waals surface area contributed by atoms with Crippen molar-refractivity contribution in [2.24, 2.45) is 11.7 Å². The van der Waals surface area contributed by atoms with Gasteiger partial charge in [-0.1, -0.05) is 37.3 Å². The minimum atomic E-state index is 0.244. The van der Waals surface area contributed by atoms with Gasteiger partial charge in [0.15, 0.2) is 0 Å². The predicted molar refractivity (Wildman–Crippen MR) is 71.0 cm³/mol. The first-order valence-corrected chi connectivity index (χ1v) is 6.51. The average molecular weight is 233 g/mol. The van der Waals surface area contributed by atoms with E-state index in [-0.39, 0.29) is 11.5 Å². The SMILES string of the molecule is COCCC(C)C(N)C1(c2ccccc2)CC1. The topological polar surface area (TPSA) is 35.2 Å². The summed E-state index contributed by atoms with van der Waals surface area (Å²) in [7, 11) is 1.75. The van der Waals surface area contributed by atoms with E-state index in [9.17, 15) is 0 Å². The summed E-state index contributed by atoms with van der Waals surface area (Å²) < 4.78 is 5.15. The first-order valence-electron chi connectivity index (χ1n) is 6.51. The Hall–Kier alpha value is -0.860. The van der Waals surface area contributed by atoms with E-state index >= 15 is 0 Å². The highest BCUT2D eigenvalue weighted by atomic mass is 16.5. The Morgan fingerprint density at radius 1 is 1.29 bits per heavy atom. The van der Waals surface area contributed by atoms with E-state index in [0.717, 1.165) is 13.0 Å². The lowest BCUT2D eigenvalue weighted by Crippen LogP contribution is -2.40. The molecule has 2 unspecified atom stereocenters. The molecule has 1 aliphatic carbocycles. The maximum Gasteiger partial charge on any atom is 0.0465 e. The van der Waals surface area contributed by atoms with E-state index in [0.29, 0.717) is 5.92 Å². The molecule has 1 aliphatic rings. The Morgan fingerprint density at radius 3 is 2.47 bits per heavy atom. The van der Waals surface area contributed by atoms with Crippen molar-refractivity contribution < 1.29 is 4.74 Å². The van der Waals surface area contributed by atoms with Crippen LogP contribution in [0.15, 0.2) is 30.3 Å². The molecule has 1 saturated carbocycles. The van der Waals surface area contributed by atoms with Gasteiger partial charge in [-0.2, -0.15) is 0 Å². The van der Waals surface area contributed by atoms with Crippen LogP contribution in [0.1, 0.15) is 31.7 Å². The summed E-state index contributed by atoms with van der Waals surface area (Å²) in [6, 6.07) is 11.0. The van der Waals surface area contributed by atoms with Crippen LogP contribution < -0.4 is 5.73 Å². The molecule has 0 heterocycles. The van der Waals surface area contributed by atoms with Gasteiger partial charge in [0, 0.05) is 25.2 Å². The van der Waals surface area contributed by atoms with Crippen molar-refractivity contribution in [3.8, 4) is 0 Å². The summed E-state index contributed by atoms with van der Waals surface area (Å²) in [6.45, 7) is 3.05. The lowest BCUT2D eigenvalue weighted by molar-refractivity contribution is 0.170. The van der Waals surface area contributed by atoms with E-state index in [1.165, 1.54) is 18.4 Å². The van der Waals surface area contributed by atoms with Gasteiger partial charge in [-0.3, -0.25) is 0 Å². The standard InChI is InChI=1S/C15H23NO/c1-12(8-11-17-2)14(16)15(9-10-15)13-6-4-3-5-7-13/h3-7,12,14H,8-11,16H2,1-2H3. The van der Waals surface area contributed by atoms with Gasteiger partial charge in [-0.05, 0) is 30.7 Å². The molecule has 2 atom stereocenters. The van der Waals surface area contributed by atoms with Crippen LogP contribution in [0.3, 0.4) is 0 Å². The molecule has 0 saturated heterocycles. The Bertz CT molecular complexity index is 345. The van der Waals surface area contributed by atoms with Crippen molar-refractivity contribution in [1.29, 1.82) is 0 Å². The maximum atomic E-state index is 6.47. The second-order valence-corrected chi connectivity index (χ2v) is 5.31. The molecular formula is C15H23NO. The van der Waals surface area contributed by atoms with Gasteiger partial charge in [0.2, 0.25) is 0 Å². The largest absolute Gasteiger partial charge is 0.385 e. The maximum absolute atomic E-state index is 6.47. The third-order valence-corrected chi connectivity index (χ3v) is 4.17. The minimum absolute atomic E-state index is 0.244. The summed E-state index contributed by atoms with van der Waals surface area (Å²) >= 11 is 0.